The minimum atomic E-state index is -0.219. The molecule has 1 aromatic heterocycles. The predicted molar refractivity (Wildman–Crippen MR) is 94.3 cm³/mol. The van der Waals surface area contributed by atoms with E-state index in [0.717, 1.165) is 48.2 Å². The molecule has 0 aliphatic carbocycles. The number of rotatable bonds is 4. The second-order valence-electron chi connectivity index (χ2n) is 6.38. The van der Waals surface area contributed by atoms with Gasteiger partial charge in [-0.3, -0.25) is 9.69 Å². The van der Waals surface area contributed by atoms with Crippen LogP contribution in [0.4, 0.5) is 0 Å². The number of benzene rings is 2. The standard InChI is InChI=1S/C20H20N2O2/c21-20(23)17-7-4-10-22(17)13-14-8-9-18-16(11-14)12-19(24-18)15-5-2-1-3-6-15/h1-3,5-6,8-9,11-12,17H,4,7,10,13H2,(H2,21,23). The molecule has 1 aliphatic heterocycles. The van der Waals surface area contributed by atoms with E-state index in [9.17, 15) is 4.79 Å². The van der Waals surface area contributed by atoms with Crippen molar-refractivity contribution in [3.8, 4) is 11.3 Å². The van der Waals surface area contributed by atoms with Crippen LogP contribution in [0.15, 0.2) is 59.0 Å². The molecular formula is C20H20N2O2. The van der Waals surface area contributed by atoms with Crippen LogP contribution in [-0.4, -0.2) is 23.4 Å². The molecule has 122 valence electrons. The number of nitrogens with two attached hydrogens (primary N) is 1. The van der Waals surface area contributed by atoms with Crippen LogP contribution in [0.3, 0.4) is 0 Å². The zero-order valence-corrected chi connectivity index (χ0v) is 13.4. The summed E-state index contributed by atoms with van der Waals surface area (Å²) in [7, 11) is 0. The van der Waals surface area contributed by atoms with Gasteiger partial charge in [0.15, 0.2) is 0 Å². The van der Waals surface area contributed by atoms with Gasteiger partial charge in [-0.25, -0.2) is 0 Å². The highest BCUT2D eigenvalue weighted by molar-refractivity contribution is 5.83. The summed E-state index contributed by atoms with van der Waals surface area (Å²) in [5.41, 5.74) is 8.63. The summed E-state index contributed by atoms with van der Waals surface area (Å²) in [6.07, 6.45) is 1.89. The highest BCUT2D eigenvalue weighted by Crippen LogP contribution is 2.29. The molecule has 4 rings (SSSR count). The first-order chi connectivity index (χ1) is 11.7. The van der Waals surface area contributed by atoms with E-state index in [4.69, 9.17) is 10.2 Å². The van der Waals surface area contributed by atoms with Gasteiger partial charge in [-0.1, -0.05) is 36.4 Å². The van der Waals surface area contributed by atoms with Crippen LogP contribution in [-0.2, 0) is 11.3 Å². The number of carbonyl (C=O) groups is 1. The topological polar surface area (TPSA) is 59.5 Å². The first kappa shape index (κ1) is 15.0. The summed E-state index contributed by atoms with van der Waals surface area (Å²) >= 11 is 0. The van der Waals surface area contributed by atoms with Gasteiger partial charge in [-0.15, -0.1) is 0 Å². The number of primary amides is 1. The summed E-state index contributed by atoms with van der Waals surface area (Å²) in [6, 6.07) is 18.2. The molecule has 24 heavy (non-hydrogen) atoms. The Kier molecular flexibility index (Phi) is 3.82. The monoisotopic (exact) mass is 320 g/mol. The minimum Gasteiger partial charge on any atom is -0.456 e. The lowest BCUT2D eigenvalue weighted by Gasteiger charge is -2.21. The van der Waals surface area contributed by atoms with Gasteiger partial charge in [-0.2, -0.15) is 0 Å². The third-order valence-corrected chi connectivity index (χ3v) is 4.72. The molecule has 0 radical (unpaired) electrons. The average Bonchev–Trinajstić information content (AvgIpc) is 3.22. The van der Waals surface area contributed by atoms with Crippen LogP contribution >= 0.6 is 0 Å². The minimum absolute atomic E-state index is 0.134. The zero-order valence-electron chi connectivity index (χ0n) is 13.4. The molecule has 1 fully saturated rings. The van der Waals surface area contributed by atoms with Crippen molar-refractivity contribution in [3.63, 3.8) is 0 Å². The fraction of sp³-hybridized carbons (Fsp3) is 0.250. The fourth-order valence-electron chi connectivity index (χ4n) is 3.51. The van der Waals surface area contributed by atoms with E-state index in [1.54, 1.807) is 0 Å². The molecule has 2 heterocycles. The Hall–Kier alpha value is -2.59. The Morgan fingerprint density at radius 1 is 1.17 bits per heavy atom. The third kappa shape index (κ3) is 2.81. The molecule has 1 unspecified atom stereocenters. The largest absolute Gasteiger partial charge is 0.456 e. The normalized spacial score (nSPS) is 18.2. The number of amides is 1. The van der Waals surface area contributed by atoms with E-state index < -0.39 is 0 Å². The van der Waals surface area contributed by atoms with Gasteiger partial charge in [0.2, 0.25) is 5.91 Å². The van der Waals surface area contributed by atoms with Gasteiger partial charge in [0.1, 0.15) is 11.3 Å². The second-order valence-corrected chi connectivity index (χ2v) is 6.38. The maximum absolute atomic E-state index is 11.5. The van der Waals surface area contributed by atoms with E-state index in [0.29, 0.717) is 0 Å². The van der Waals surface area contributed by atoms with E-state index in [-0.39, 0.29) is 11.9 Å². The summed E-state index contributed by atoms with van der Waals surface area (Å²) in [5.74, 6) is 0.655. The van der Waals surface area contributed by atoms with Gasteiger partial charge in [-0.05, 0) is 43.1 Å². The summed E-state index contributed by atoms with van der Waals surface area (Å²) in [5, 5.41) is 1.08. The highest BCUT2D eigenvalue weighted by Gasteiger charge is 2.28. The Morgan fingerprint density at radius 2 is 2.00 bits per heavy atom. The summed E-state index contributed by atoms with van der Waals surface area (Å²) in [6.45, 7) is 1.67. The lowest BCUT2D eigenvalue weighted by Crippen LogP contribution is -2.39. The van der Waals surface area contributed by atoms with Crippen molar-refractivity contribution in [1.29, 1.82) is 0 Å². The summed E-state index contributed by atoms with van der Waals surface area (Å²) in [4.78, 5) is 13.7. The number of likely N-dealkylation sites (tertiary alicyclic amines) is 1. The molecule has 1 atom stereocenters. The maximum atomic E-state index is 11.5. The number of nitrogens with zero attached hydrogens (tertiary/aromatic N) is 1. The Labute approximate surface area is 140 Å². The van der Waals surface area contributed by atoms with E-state index >= 15 is 0 Å². The molecule has 1 amide bonds. The smallest absolute Gasteiger partial charge is 0.234 e. The molecule has 1 aliphatic rings. The quantitative estimate of drug-likeness (QED) is 0.800. The lowest BCUT2D eigenvalue weighted by atomic mass is 10.1. The van der Waals surface area contributed by atoms with Crippen LogP contribution in [0.25, 0.3) is 22.3 Å². The number of fused-ring (bicyclic) bond motifs is 1. The van der Waals surface area contributed by atoms with Gasteiger partial charge in [0.05, 0.1) is 6.04 Å². The molecule has 0 bridgehead atoms. The second kappa shape index (κ2) is 6.13. The molecule has 2 N–H and O–H groups in total. The lowest BCUT2D eigenvalue weighted by molar-refractivity contribution is -0.122. The van der Waals surface area contributed by atoms with Crippen molar-refractivity contribution in [1.82, 2.24) is 4.90 Å². The number of furan rings is 1. The average molecular weight is 320 g/mol. The molecule has 4 heteroatoms. The molecular weight excluding hydrogens is 300 g/mol. The van der Waals surface area contributed by atoms with Gasteiger partial charge in [0, 0.05) is 17.5 Å². The van der Waals surface area contributed by atoms with Crippen molar-refractivity contribution in [2.45, 2.75) is 25.4 Å². The molecule has 0 saturated carbocycles. The van der Waals surface area contributed by atoms with Crippen LogP contribution in [0.2, 0.25) is 0 Å². The number of hydrogen-bond acceptors (Lipinski definition) is 3. The van der Waals surface area contributed by atoms with Crippen LogP contribution in [0.1, 0.15) is 18.4 Å². The van der Waals surface area contributed by atoms with Gasteiger partial charge < -0.3 is 10.2 Å². The molecule has 0 spiro atoms. The number of hydrogen-bond donors (Lipinski definition) is 1. The molecule has 2 aromatic carbocycles. The fourth-order valence-corrected chi connectivity index (χ4v) is 3.51. The zero-order chi connectivity index (χ0) is 16.5. The highest BCUT2D eigenvalue weighted by atomic mass is 16.3. The predicted octanol–water partition coefficient (Wildman–Crippen LogP) is 3.55. The number of carbonyl (C=O) groups excluding carboxylic acids is 1. The SMILES string of the molecule is NC(=O)C1CCCN1Cc1ccc2oc(-c3ccccc3)cc2c1. The van der Waals surface area contributed by atoms with Crippen molar-refractivity contribution in [2.75, 3.05) is 6.54 Å². The molecule has 4 nitrogen and oxygen atoms in total. The van der Waals surface area contributed by atoms with Crippen LogP contribution < -0.4 is 5.73 Å². The van der Waals surface area contributed by atoms with E-state index in [2.05, 4.69) is 23.1 Å². The van der Waals surface area contributed by atoms with Crippen LogP contribution in [0, 0.1) is 0 Å². The molecule has 3 aromatic rings. The molecule has 1 saturated heterocycles. The Morgan fingerprint density at radius 3 is 2.79 bits per heavy atom. The van der Waals surface area contributed by atoms with Crippen molar-refractivity contribution >= 4 is 16.9 Å². The van der Waals surface area contributed by atoms with Crippen LogP contribution in [0.5, 0.6) is 0 Å². The Balaban J connectivity index is 1.60. The van der Waals surface area contributed by atoms with Crippen molar-refractivity contribution in [2.24, 2.45) is 5.73 Å². The van der Waals surface area contributed by atoms with E-state index in [1.165, 1.54) is 5.56 Å². The van der Waals surface area contributed by atoms with Crippen molar-refractivity contribution < 1.29 is 9.21 Å². The summed E-state index contributed by atoms with van der Waals surface area (Å²) < 4.78 is 5.95. The third-order valence-electron chi connectivity index (χ3n) is 4.72. The first-order valence-corrected chi connectivity index (χ1v) is 8.32. The van der Waals surface area contributed by atoms with Crippen molar-refractivity contribution in [3.05, 3.63) is 60.2 Å². The van der Waals surface area contributed by atoms with E-state index in [1.807, 2.05) is 36.4 Å². The van der Waals surface area contributed by atoms with Gasteiger partial charge >= 0.3 is 0 Å². The first-order valence-electron chi connectivity index (χ1n) is 8.32. The Bertz CT molecular complexity index is 870. The maximum Gasteiger partial charge on any atom is 0.234 e. The van der Waals surface area contributed by atoms with Gasteiger partial charge in [0.25, 0.3) is 0 Å².